The maximum atomic E-state index is 12.6. The maximum Gasteiger partial charge on any atom is 0.315 e. The molecule has 3 atom stereocenters. The van der Waals surface area contributed by atoms with Crippen molar-refractivity contribution >= 4 is 6.03 Å². The smallest absolute Gasteiger partial charge is 0.315 e. The molecule has 29 heavy (non-hydrogen) atoms. The number of amides is 2. The Balaban J connectivity index is 1.24. The molecule has 3 aliphatic rings. The van der Waals surface area contributed by atoms with Crippen molar-refractivity contribution in [2.24, 2.45) is 5.92 Å². The minimum absolute atomic E-state index is 0.0159. The zero-order valence-corrected chi connectivity index (χ0v) is 17.7. The van der Waals surface area contributed by atoms with Gasteiger partial charge in [0.15, 0.2) is 0 Å². The van der Waals surface area contributed by atoms with Crippen LogP contribution in [0.4, 0.5) is 4.79 Å². The molecule has 1 aromatic rings. The molecule has 1 saturated carbocycles. The molecule has 160 valence electrons. The first-order valence-electron chi connectivity index (χ1n) is 11.7. The van der Waals surface area contributed by atoms with E-state index in [-0.39, 0.29) is 18.2 Å². The number of carbonyl (C=O) groups excluding carboxylic acids is 1. The zero-order valence-electron chi connectivity index (χ0n) is 17.7. The number of ether oxygens (including phenoxy) is 1. The molecule has 5 nitrogen and oxygen atoms in total. The fourth-order valence-electron chi connectivity index (χ4n) is 5.43. The molecule has 2 amide bonds. The molecule has 2 heterocycles. The number of piperidine rings is 1. The summed E-state index contributed by atoms with van der Waals surface area (Å²) < 4.78 is 6.06. The number of nitrogens with one attached hydrogen (secondary N) is 2. The monoisotopic (exact) mass is 399 g/mol. The molecule has 1 aromatic carbocycles. The minimum atomic E-state index is -0.0159. The van der Waals surface area contributed by atoms with E-state index in [1.165, 1.54) is 50.6 Å². The van der Waals surface area contributed by atoms with E-state index in [9.17, 15) is 4.79 Å². The Morgan fingerprint density at radius 1 is 1.00 bits per heavy atom. The highest BCUT2D eigenvalue weighted by molar-refractivity contribution is 5.74. The van der Waals surface area contributed by atoms with Gasteiger partial charge in [-0.05, 0) is 50.6 Å². The van der Waals surface area contributed by atoms with E-state index in [2.05, 4.69) is 39.8 Å². The van der Waals surface area contributed by atoms with E-state index in [0.29, 0.717) is 12.5 Å². The molecular weight excluding hydrogens is 362 g/mol. The fraction of sp³-hybridized carbons (Fsp3) is 0.708. The number of hydrogen-bond donors (Lipinski definition) is 2. The van der Waals surface area contributed by atoms with Crippen molar-refractivity contribution in [1.29, 1.82) is 0 Å². The number of nitrogens with zero attached hydrogens (tertiary/aromatic N) is 1. The van der Waals surface area contributed by atoms with E-state index in [0.717, 1.165) is 38.5 Å². The Bertz CT molecular complexity index is 632. The van der Waals surface area contributed by atoms with Crippen molar-refractivity contribution in [1.82, 2.24) is 15.5 Å². The van der Waals surface area contributed by atoms with Crippen molar-refractivity contribution in [3.63, 3.8) is 0 Å². The van der Waals surface area contributed by atoms with Crippen molar-refractivity contribution < 1.29 is 9.53 Å². The van der Waals surface area contributed by atoms with Crippen LogP contribution in [0, 0.1) is 5.92 Å². The molecule has 0 spiro atoms. The van der Waals surface area contributed by atoms with Crippen LogP contribution in [0.25, 0.3) is 0 Å². The Morgan fingerprint density at radius 2 is 1.83 bits per heavy atom. The largest absolute Gasteiger partial charge is 0.373 e. The highest BCUT2D eigenvalue weighted by atomic mass is 16.5. The normalized spacial score (nSPS) is 29.3. The summed E-state index contributed by atoms with van der Waals surface area (Å²) in [5.74, 6) is 0.335. The van der Waals surface area contributed by atoms with Crippen LogP contribution >= 0.6 is 0 Å². The van der Waals surface area contributed by atoms with Crippen LogP contribution in [-0.2, 0) is 4.74 Å². The molecule has 5 heteroatoms. The number of carbonyl (C=O) groups is 1. The maximum absolute atomic E-state index is 12.6. The SMILES string of the molecule is O=C(NCC1CCCOC1c1ccccc1)NC1CCCN(C2CCCCC2)C1. The Hall–Kier alpha value is -1.59. The molecule has 3 fully saturated rings. The lowest BCUT2D eigenvalue weighted by atomic mass is 9.89. The van der Waals surface area contributed by atoms with E-state index in [4.69, 9.17) is 4.74 Å². The van der Waals surface area contributed by atoms with Crippen LogP contribution in [0.3, 0.4) is 0 Å². The molecule has 3 unspecified atom stereocenters. The summed E-state index contributed by atoms with van der Waals surface area (Å²) in [4.78, 5) is 15.2. The van der Waals surface area contributed by atoms with Crippen LogP contribution in [0.15, 0.2) is 30.3 Å². The molecule has 2 N–H and O–H groups in total. The van der Waals surface area contributed by atoms with Gasteiger partial charge in [-0.25, -0.2) is 4.79 Å². The molecule has 4 rings (SSSR count). The van der Waals surface area contributed by atoms with Gasteiger partial charge in [-0.2, -0.15) is 0 Å². The second-order valence-corrected chi connectivity index (χ2v) is 9.08. The van der Waals surface area contributed by atoms with Gasteiger partial charge in [0.1, 0.15) is 0 Å². The van der Waals surface area contributed by atoms with E-state index in [1.54, 1.807) is 0 Å². The van der Waals surface area contributed by atoms with Crippen LogP contribution in [0.2, 0.25) is 0 Å². The first-order valence-corrected chi connectivity index (χ1v) is 11.7. The summed E-state index contributed by atoms with van der Waals surface area (Å²) in [7, 11) is 0. The Morgan fingerprint density at radius 3 is 2.66 bits per heavy atom. The summed E-state index contributed by atoms with van der Waals surface area (Å²) in [6, 6.07) is 11.4. The predicted octanol–water partition coefficient (Wildman–Crippen LogP) is 4.25. The Labute approximate surface area is 175 Å². The third kappa shape index (κ3) is 5.73. The summed E-state index contributed by atoms with van der Waals surface area (Å²) >= 11 is 0. The molecule has 0 radical (unpaired) electrons. The van der Waals surface area contributed by atoms with E-state index < -0.39 is 0 Å². The molecule has 1 aliphatic carbocycles. The van der Waals surface area contributed by atoms with Gasteiger partial charge in [0.25, 0.3) is 0 Å². The van der Waals surface area contributed by atoms with Crippen molar-refractivity contribution in [2.45, 2.75) is 76.0 Å². The lowest BCUT2D eigenvalue weighted by Gasteiger charge is -2.40. The molecule has 0 bridgehead atoms. The lowest BCUT2D eigenvalue weighted by Crippen LogP contribution is -2.53. The highest BCUT2D eigenvalue weighted by Gasteiger charge is 2.29. The first kappa shape index (κ1) is 20.7. The summed E-state index contributed by atoms with van der Waals surface area (Å²) in [5.41, 5.74) is 1.22. The van der Waals surface area contributed by atoms with Crippen molar-refractivity contribution in [3.8, 4) is 0 Å². The summed E-state index contributed by atoms with van der Waals surface area (Å²) in [5, 5.41) is 6.39. The van der Waals surface area contributed by atoms with Gasteiger partial charge in [-0.1, -0.05) is 49.6 Å². The molecular formula is C24H37N3O2. The molecule has 2 saturated heterocycles. The van der Waals surface area contributed by atoms with Gasteiger partial charge in [0, 0.05) is 37.7 Å². The topological polar surface area (TPSA) is 53.6 Å². The minimum Gasteiger partial charge on any atom is -0.373 e. The highest BCUT2D eigenvalue weighted by Crippen LogP contribution is 2.33. The van der Waals surface area contributed by atoms with Gasteiger partial charge in [0.2, 0.25) is 0 Å². The van der Waals surface area contributed by atoms with Crippen molar-refractivity contribution in [3.05, 3.63) is 35.9 Å². The van der Waals surface area contributed by atoms with Crippen LogP contribution in [-0.4, -0.2) is 49.3 Å². The lowest BCUT2D eigenvalue weighted by molar-refractivity contribution is -0.0269. The van der Waals surface area contributed by atoms with Crippen LogP contribution < -0.4 is 10.6 Å². The third-order valence-electron chi connectivity index (χ3n) is 6.98. The predicted molar refractivity (Wildman–Crippen MR) is 116 cm³/mol. The van der Waals surface area contributed by atoms with Gasteiger partial charge < -0.3 is 15.4 Å². The van der Waals surface area contributed by atoms with E-state index >= 15 is 0 Å². The average molecular weight is 400 g/mol. The number of hydrogen-bond acceptors (Lipinski definition) is 3. The Kier molecular flexibility index (Phi) is 7.44. The van der Waals surface area contributed by atoms with Gasteiger partial charge >= 0.3 is 6.03 Å². The molecule has 2 aliphatic heterocycles. The van der Waals surface area contributed by atoms with Crippen molar-refractivity contribution in [2.75, 3.05) is 26.2 Å². The number of benzene rings is 1. The van der Waals surface area contributed by atoms with Gasteiger partial charge in [-0.15, -0.1) is 0 Å². The zero-order chi connectivity index (χ0) is 19.9. The average Bonchev–Trinajstić information content (AvgIpc) is 2.79. The van der Waals surface area contributed by atoms with Gasteiger partial charge in [0.05, 0.1) is 6.10 Å². The standard InChI is InChI=1S/C24H37N3O2/c28-24(26-21-12-7-15-27(18-21)22-13-5-2-6-14-22)25-17-20-11-8-16-29-23(20)19-9-3-1-4-10-19/h1,3-4,9-10,20-23H,2,5-8,11-18H2,(H2,25,26,28). The quantitative estimate of drug-likeness (QED) is 0.778. The second-order valence-electron chi connectivity index (χ2n) is 9.08. The first-order chi connectivity index (χ1) is 14.3. The summed E-state index contributed by atoms with van der Waals surface area (Å²) in [6.07, 6.45) is 11.3. The van der Waals surface area contributed by atoms with Crippen LogP contribution in [0.1, 0.15) is 69.5 Å². The number of urea groups is 1. The fourth-order valence-corrected chi connectivity index (χ4v) is 5.43. The van der Waals surface area contributed by atoms with Gasteiger partial charge in [-0.3, -0.25) is 4.90 Å². The second kappa shape index (κ2) is 10.4. The third-order valence-corrected chi connectivity index (χ3v) is 6.98. The number of likely N-dealkylation sites (tertiary alicyclic amines) is 1. The van der Waals surface area contributed by atoms with E-state index in [1.807, 2.05) is 6.07 Å². The number of rotatable bonds is 5. The van der Waals surface area contributed by atoms with Crippen LogP contribution in [0.5, 0.6) is 0 Å². The summed E-state index contributed by atoms with van der Waals surface area (Å²) in [6.45, 7) is 3.69. The molecule has 0 aromatic heterocycles.